The van der Waals surface area contributed by atoms with E-state index in [-0.39, 0.29) is 0 Å². The molecule has 0 spiro atoms. The Kier molecular flexibility index (Phi) is 4.01. The molecule has 0 saturated carbocycles. The van der Waals surface area contributed by atoms with Gasteiger partial charge in [-0.3, -0.25) is 0 Å². The van der Waals surface area contributed by atoms with Gasteiger partial charge in [-0.15, -0.1) is 0 Å². The fraction of sp³-hybridized carbons (Fsp3) is 0.625. The van der Waals surface area contributed by atoms with Gasteiger partial charge in [-0.25, -0.2) is 0 Å². The van der Waals surface area contributed by atoms with Gasteiger partial charge in [0.15, 0.2) is 11.5 Å². The lowest BCUT2D eigenvalue weighted by molar-refractivity contribution is 0.297. The Morgan fingerprint density at radius 2 is 2.05 bits per heavy atom. The Labute approximate surface area is 121 Å². The first kappa shape index (κ1) is 13.6. The minimum Gasteiger partial charge on any atom is -0.490 e. The van der Waals surface area contributed by atoms with E-state index in [1.807, 2.05) is 0 Å². The molecule has 20 heavy (non-hydrogen) atoms. The van der Waals surface area contributed by atoms with Crippen LogP contribution in [0, 0.1) is 0 Å². The molecule has 4 nitrogen and oxygen atoms in total. The average Bonchev–Trinajstić information content (AvgIpc) is 2.71. The maximum Gasteiger partial charge on any atom is 0.163 e. The second-order valence-corrected chi connectivity index (χ2v) is 5.71. The van der Waals surface area contributed by atoms with E-state index in [0.29, 0.717) is 12.1 Å². The Bertz CT molecular complexity index is 464. The highest BCUT2D eigenvalue weighted by molar-refractivity contribution is 5.57. The van der Waals surface area contributed by atoms with Crippen LogP contribution < -0.4 is 19.7 Å². The second-order valence-electron chi connectivity index (χ2n) is 5.71. The summed E-state index contributed by atoms with van der Waals surface area (Å²) in [6.45, 7) is 8.06. The van der Waals surface area contributed by atoms with Gasteiger partial charge < -0.3 is 19.7 Å². The number of rotatable bonds is 2. The number of hydrogen-bond donors (Lipinski definition) is 1. The Hall–Kier alpha value is -1.42. The summed E-state index contributed by atoms with van der Waals surface area (Å²) in [5, 5.41) is 3.56. The molecule has 110 valence electrons. The summed E-state index contributed by atoms with van der Waals surface area (Å²) in [5.74, 6) is 1.77. The summed E-state index contributed by atoms with van der Waals surface area (Å²) in [6.07, 6.45) is 2.10. The molecule has 2 aliphatic rings. The monoisotopic (exact) mass is 276 g/mol. The molecule has 1 aromatic carbocycles. The summed E-state index contributed by atoms with van der Waals surface area (Å²) in [7, 11) is 0. The van der Waals surface area contributed by atoms with Crippen molar-refractivity contribution in [3.8, 4) is 11.5 Å². The molecule has 3 rings (SSSR count). The fourth-order valence-electron chi connectivity index (χ4n) is 2.97. The summed E-state index contributed by atoms with van der Waals surface area (Å²) in [6, 6.07) is 7.43. The molecule has 1 aromatic rings. The molecule has 0 aromatic heterocycles. The van der Waals surface area contributed by atoms with E-state index in [4.69, 9.17) is 9.47 Å². The highest BCUT2D eigenvalue weighted by Gasteiger charge is 2.25. The van der Waals surface area contributed by atoms with E-state index in [2.05, 4.69) is 42.3 Å². The maximum absolute atomic E-state index is 5.81. The highest BCUT2D eigenvalue weighted by atomic mass is 16.5. The van der Waals surface area contributed by atoms with Crippen LogP contribution in [0.25, 0.3) is 0 Å². The van der Waals surface area contributed by atoms with Crippen LogP contribution in [0.3, 0.4) is 0 Å². The van der Waals surface area contributed by atoms with Crippen LogP contribution in [-0.4, -0.2) is 38.4 Å². The van der Waals surface area contributed by atoms with Crippen molar-refractivity contribution in [3.05, 3.63) is 18.2 Å². The third-order valence-corrected chi connectivity index (χ3v) is 4.15. The van der Waals surface area contributed by atoms with Crippen molar-refractivity contribution in [2.24, 2.45) is 0 Å². The van der Waals surface area contributed by atoms with Gasteiger partial charge in [-0.2, -0.15) is 0 Å². The van der Waals surface area contributed by atoms with E-state index in [1.165, 1.54) is 5.69 Å². The smallest absolute Gasteiger partial charge is 0.163 e. The third kappa shape index (κ3) is 2.70. The summed E-state index contributed by atoms with van der Waals surface area (Å²) < 4.78 is 11.5. The third-order valence-electron chi connectivity index (χ3n) is 4.15. The van der Waals surface area contributed by atoms with E-state index in [9.17, 15) is 0 Å². The van der Waals surface area contributed by atoms with E-state index >= 15 is 0 Å². The summed E-state index contributed by atoms with van der Waals surface area (Å²) in [5.41, 5.74) is 1.24. The molecule has 4 heteroatoms. The minimum atomic E-state index is 0.522. The average molecular weight is 276 g/mol. The highest BCUT2D eigenvalue weighted by Crippen LogP contribution is 2.34. The van der Waals surface area contributed by atoms with Crippen molar-refractivity contribution in [1.82, 2.24) is 5.32 Å². The van der Waals surface area contributed by atoms with Crippen LogP contribution in [0.5, 0.6) is 11.5 Å². The molecular weight excluding hydrogens is 252 g/mol. The van der Waals surface area contributed by atoms with Gasteiger partial charge in [-0.05, 0) is 25.5 Å². The molecule has 2 atom stereocenters. The van der Waals surface area contributed by atoms with Gasteiger partial charge >= 0.3 is 0 Å². The molecule has 0 amide bonds. The zero-order valence-electron chi connectivity index (χ0n) is 12.4. The van der Waals surface area contributed by atoms with Crippen molar-refractivity contribution in [2.75, 3.05) is 31.2 Å². The number of benzene rings is 1. The van der Waals surface area contributed by atoms with E-state index < -0.39 is 0 Å². The van der Waals surface area contributed by atoms with Crippen LogP contribution in [0.1, 0.15) is 26.7 Å². The SMILES string of the molecule is CCC1CNC(C)CN1c1ccc2c(c1)OCCCO2. The molecular formula is C16H24N2O2. The van der Waals surface area contributed by atoms with Crippen LogP contribution in [0.15, 0.2) is 18.2 Å². The first-order valence-electron chi connectivity index (χ1n) is 7.67. The second kappa shape index (κ2) is 5.92. The molecule has 0 bridgehead atoms. The zero-order chi connectivity index (χ0) is 13.9. The predicted octanol–water partition coefficient (Wildman–Crippen LogP) is 2.42. The lowest BCUT2D eigenvalue weighted by Gasteiger charge is -2.40. The molecule has 2 unspecified atom stereocenters. The minimum absolute atomic E-state index is 0.522. The number of nitrogens with zero attached hydrogens (tertiary/aromatic N) is 1. The van der Waals surface area contributed by atoms with Crippen molar-refractivity contribution < 1.29 is 9.47 Å². The van der Waals surface area contributed by atoms with Gasteiger partial charge in [-0.1, -0.05) is 6.92 Å². The van der Waals surface area contributed by atoms with Crippen molar-refractivity contribution >= 4 is 5.69 Å². The number of ether oxygens (including phenoxy) is 2. The molecule has 0 aliphatic carbocycles. The van der Waals surface area contributed by atoms with Gasteiger partial charge in [0, 0.05) is 43.3 Å². The Balaban J connectivity index is 1.86. The quantitative estimate of drug-likeness (QED) is 0.899. The lowest BCUT2D eigenvalue weighted by atomic mass is 10.1. The largest absolute Gasteiger partial charge is 0.490 e. The first-order chi connectivity index (χ1) is 9.78. The van der Waals surface area contributed by atoms with Crippen LogP contribution in [0.4, 0.5) is 5.69 Å². The zero-order valence-corrected chi connectivity index (χ0v) is 12.4. The van der Waals surface area contributed by atoms with Gasteiger partial charge in [0.05, 0.1) is 13.2 Å². The maximum atomic E-state index is 5.81. The fourth-order valence-corrected chi connectivity index (χ4v) is 2.97. The topological polar surface area (TPSA) is 33.7 Å². The van der Waals surface area contributed by atoms with Crippen LogP contribution in [0.2, 0.25) is 0 Å². The Morgan fingerprint density at radius 1 is 1.25 bits per heavy atom. The molecule has 1 N–H and O–H groups in total. The molecule has 2 heterocycles. The van der Waals surface area contributed by atoms with Crippen molar-refractivity contribution in [1.29, 1.82) is 0 Å². The first-order valence-corrected chi connectivity index (χ1v) is 7.67. The van der Waals surface area contributed by atoms with Gasteiger partial charge in [0.25, 0.3) is 0 Å². The summed E-state index contributed by atoms with van der Waals surface area (Å²) in [4.78, 5) is 2.50. The van der Waals surface area contributed by atoms with Gasteiger partial charge in [0.1, 0.15) is 0 Å². The van der Waals surface area contributed by atoms with Crippen LogP contribution >= 0.6 is 0 Å². The van der Waals surface area contributed by atoms with Gasteiger partial charge in [0.2, 0.25) is 0 Å². The molecule has 0 radical (unpaired) electrons. The number of anilines is 1. The number of hydrogen-bond acceptors (Lipinski definition) is 4. The van der Waals surface area contributed by atoms with E-state index in [1.54, 1.807) is 0 Å². The Morgan fingerprint density at radius 3 is 2.85 bits per heavy atom. The van der Waals surface area contributed by atoms with Crippen molar-refractivity contribution in [3.63, 3.8) is 0 Å². The number of fused-ring (bicyclic) bond motifs is 1. The number of piperazine rings is 1. The normalized spacial score (nSPS) is 26.2. The van der Waals surface area contributed by atoms with E-state index in [0.717, 1.165) is 50.6 Å². The van der Waals surface area contributed by atoms with Crippen LogP contribution in [-0.2, 0) is 0 Å². The number of nitrogens with one attached hydrogen (secondary N) is 1. The molecule has 2 aliphatic heterocycles. The lowest BCUT2D eigenvalue weighted by Crippen LogP contribution is -2.55. The molecule has 1 fully saturated rings. The summed E-state index contributed by atoms with van der Waals surface area (Å²) >= 11 is 0. The standard InChI is InChI=1S/C16H24N2O2/c1-3-13-10-17-12(2)11-18(13)14-5-6-15-16(9-14)20-8-4-7-19-15/h5-6,9,12-13,17H,3-4,7-8,10-11H2,1-2H3. The van der Waals surface area contributed by atoms with Crippen molar-refractivity contribution in [2.45, 2.75) is 38.8 Å². The molecule has 1 saturated heterocycles. The predicted molar refractivity (Wildman–Crippen MR) is 80.9 cm³/mol.